The summed E-state index contributed by atoms with van der Waals surface area (Å²) < 4.78 is 0. The molecule has 1 heterocycles. The van der Waals surface area contributed by atoms with Crippen molar-refractivity contribution >= 4 is 5.91 Å². The number of aryl methyl sites for hydroxylation is 1. The fourth-order valence-electron chi connectivity index (χ4n) is 4.57. The molecule has 4 rings (SSSR count). The monoisotopic (exact) mass is 398 g/mol. The minimum absolute atomic E-state index is 0.125. The van der Waals surface area contributed by atoms with Crippen LogP contribution in [0.2, 0.25) is 0 Å². The van der Waals surface area contributed by atoms with Gasteiger partial charge >= 0.3 is 0 Å². The number of rotatable bonds is 9. The minimum atomic E-state index is -0.611. The third kappa shape index (κ3) is 4.30. The first-order valence-corrected chi connectivity index (χ1v) is 11.0. The van der Waals surface area contributed by atoms with E-state index < -0.39 is 5.41 Å². The van der Waals surface area contributed by atoms with Gasteiger partial charge in [0.2, 0.25) is 5.91 Å². The van der Waals surface area contributed by atoms with E-state index in [-0.39, 0.29) is 11.9 Å². The van der Waals surface area contributed by atoms with E-state index in [1.54, 1.807) is 6.20 Å². The second-order valence-electron chi connectivity index (χ2n) is 8.44. The van der Waals surface area contributed by atoms with Gasteiger partial charge in [0, 0.05) is 18.4 Å². The first-order chi connectivity index (χ1) is 14.7. The first kappa shape index (κ1) is 20.3. The molecule has 0 radical (unpaired) electrons. The van der Waals surface area contributed by atoms with Gasteiger partial charge in [0.15, 0.2) is 0 Å². The molecular formula is C27H30N2O. The van der Waals surface area contributed by atoms with Crippen molar-refractivity contribution in [3.8, 4) is 0 Å². The van der Waals surface area contributed by atoms with Crippen molar-refractivity contribution in [3.63, 3.8) is 0 Å². The number of carbonyl (C=O) groups is 1. The summed E-state index contributed by atoms with van der Waals surface area (Å²) in [6.45, 7) is 2.12. The van der Waals surface area contributed by atoms with E-state index in [0.717, 1.165) is 43.2 Å². The average molecular weight is 399 g/mol. The van der Waals surface area contributed by atoms with Crippen molar-refractivity contribution < 1.29 is 4.79 Å². The molecule has 154 valence electrons. The zero-order valence-electron chi connectivity index (χ0n) is 17.6. The van der Waals surface area contributed by atoms with Crippen LogP contribution >= 0.6 is 0 Å². The summed E-state index contributed by atoms with van der Waals surface area (Å²) >= 11 is 0. The lowest BCUT2D eigenvalue weighted by Gasteiger charge is -2.35. The van der Waals surface area contributed by atoms with E-state index >= 15 is 0 Å². The Labute approximate surface area is 179 Å². The zero-order chi connectivity index (χ0) is 20.8. The van der Waals surface area contributed by atoms with Gasteiger partial charge in [0.25, 0.3) is 0 Å². The molecule has 3 aromatic rings. The van der Waals surface area contributed by atoms with Gasteiger partial charge in [-0.25, -0.2) is 0 Å². The summed E-state index contributed by atoms with van der Waals surface area (Å²) in [6.07, 6.45) is 8.87. The van der Waals surface area contributed by atoms with Crippen LogP contribution < -0.4 is 5.32 Å². The average Bonchev–Trinajstić information content (AvgIpc) is 3.62. The summed E-state index contributed by atoms with van der Waals surface area (Å²) in [6, 6.07) is 24.9. The van der Waals surface area contributed by atoms with Gasteiger partial charge in [-0.15, -0.1) is 0 Å². The molecule has 1 atom stereocenters. The largest absolute Gasteiger partial charge is 0.353 e. The second-order valence-corrected chi connectivity index (χ2v) is 8.44. The molecule has 0 bridgehead atoms. The number of pyridine rings is 1. The molecule has 2 aromatic carbocycles. The Bertz CT molecular complexity index is 897. The van der Waals surface area contributed by atoms with Crippen molar-refractivity contribution in [3.05, 3.63) is 102 Å². The van der Waals surface area contributed by atoms with Crippen molar-refractivity contribution in [1.29, 1.82) is 0 Å². The maximum absolute atomic E-state index is 13.9. The molecule has 1 amide bonds. The number of amides is 1. The molecule has 1 aliphatic carbocycles. The van der Waals surface area contributed by atoms with Crippen LogP contribution in [0.4, 0.5) is 0 Å². The van der Waals surface area contributed by atoms with Crippen LogP contribution in [0.3, 0.4) is 0 Å². The fourth-order valence-corrected chi connectivity index (χ4v) is 4.57. The maximum atomic E-state index is 13.9. The lowest BCUT2D eigenvalue weighted by Crippen LogP contribution is -2.49. The Morgan fingerprint density at radius 2 is 1.63 bits per heavy atom. The predicted molar refractivity (Wildman–Crippen MR) is 121 cm³/mol. The maximum Gasteiger partial charge on any atom is 0.235 e. The molecule has 3 heteroatoms. The number of benzene rings is 2. The molecule has 1 unspecified atom stereocenters. The Morgan fingerprint density at radius 3 is 2.17 bits per heavy atom. The molecule has 1 saturated carbocycles. The Kier molecular flexibility index (Phi) is 6.27. The molecule has 3 nitrogen and oxygen atoms in total. The molecule has 0 spiro atoms. The lowest BCUT2D eigenvalue weighted by molar-refractivity contribution is -0.126. The molecule has 1 aliphatic rings. The van der Waals surface area contributed by atoms with Crippen molar-refractivity contribution in [1.82, 2.24) is 10.3 Å². The summed E-state index contributed by atoms with van der Waals surface area (Å²) in [5.41, 5.74) is 2.83. The van der Waals surface area contributed by atoms with E-state index in [0.29, 0.717) is 5.92 Å². The smallest absolute Gasteiger partial charge is 0.235 e. The second kappa shape index (κ2) is 9.25. The molecule has 1 N–H and O–H groups in total. The first-order valence-electron chi connectivity index (χ1n) is 11.0. The quantitative estimate of drug-likeness (QED) is 0.531. The van der Waals surface area contributed by atoms with Gasteiger partial charge in [-0.05, 0) is 67.7 Å². The standard InChI is InChI=1S/C27H30N2O/c1-21(10-8-11-22-12-9-19-28-20-22)29-26(30)27(25-17-18-25,23-13-4-2-5-14-23)24-15-6-3-7-16-24/h2-7,9,12-16,19-21,25H,8,10-11,17-18H2,1H3,(H,29,30). The van der Waals surface area contributed by atoms with Gasteiger partial charge in [-0.2, -0.15) is 0 Å². The summed E-state index contributed by atoms with van der Waals surface area (Å²) in [5.74, 6) is 0.487. The molecule has 1 aromatic heterocycles. The van der Waals surface area contributed by atoms with Gasteiger partial charge in [-0.3, -0.25) is 9.78 Å². The van der Waals surface area contributed by atoms with Gasteiger partial charge < -0.3 is 5.32 Å². The van der Waals surface area contributed by atoms with Crippen molar-refractivity contribution in [2.24, 2.45) is 5.92 Å². The highest BCUT2D eigenvalue weighted by Gasteiger charge is 2.53. The number of nitrogens with one attached hydrogen (secondary N) is 1. The van der Waals surface area contributed by atoms with Crippen LogP contribution in [0.1, 0.15) is 49.3 Å². The number of aromatic nitrogens is 1. The van der Waals surface area contributed by atoms with E-state index in [9.17, 15) is 4.79 Å². The van der Waals surface area contributed by atoms with Crippen LogP contribution in [0.25, 0.3) is 0 Å². The molecule has 0 saturated heterocycles. The predicted octanol–water partition coefficient (Wildman–Crippen LogP) is 5.31. The topological polar surface area (TPSA) is 42.0 Å². The third-order valence-electron chi connectivity index (χ3n) is 6.21. The highest BCUT2D eigenvalue weighted by Crippen LogP contribution is 2.51. The van der Waals surface area contributed by atoms with Crippen molar-refractivity contribution in [2.75, 3.05) is 0 Å². The van der Waals surface area contributed by atoms with E-state index in [1.807, 2.05) is 48.7 Å². The Hall–Kier alpha value is -2.94. The summed E-state index contributed by atoms with van der Waals surface area (Å²) in [4.78, 5) is 18.1. The van der Waals surface area contributed by atoms with Gasteiger partial charge in [0.1, 0.15) is 5.41 Å². The van der Waals surface area contributed by atoms with Crippen LogP contribution in [-0.4, -0.2) is 16.9 Å². The molecule has 0 aliphatic heterocycles. The Balaban J connectivity index is 1.53. The highest BCUT2D eigenvalue weighted by atomic mass is 16.2. The van der Waals surface area contributed by atoms with Crippen LogP contribution in [0, 0.1) is 5.92 Å². The zero-order valence-corrected chi connectivity index (χ0v) is 17.6. The highest BCUT2D eigenvalue weighted by molar-refractivity contribution is 5.93. The van der Waals surface area contributed by atoms with E-state index in [2.05, 4.69) is 47.6 Å². The Morgan fingerprint density at radius 1 is 1.00 bits per heavy atom. The summed E-state index contributed by atoms with van der Waals surface area (Å²) in [5, 5.41) is 3.37. The number of nitrogens with zero attached hydrogens (tertiary/aromatic N) is 1. The van der Waals surface area contributed by atoms with E-state index in [1.165, 1.54) is 5.56 Å². The molecule has 30 heavy (non-hydrogen) atoms. The van der Waals surface area contributed by atoms with E-state index in [4.69, 9.17) is 0 Å². The fraction of sp³-hybridized carbons (Fsp3) is 0.333. The van der Waals surface area contributed by atoms with Crippen molar-refractivity contribution in [2.45, 2.75) is 50.5 Å². The number of hydrogen-bond acceptors (Lipinski definition) is 2. The molecule has 1 fully saturated rings. The minimum Gasteiger partial charge on any atom is -0.353 e. The summed E-state index contributed by atoms with van der Waals surface area (Å²) in [7, 11) is 0. The van der Waals surface area contributed by atoms with Crippen LogP contribution in [0.5, 0.6) is 0 Å². The normalized spacial score (nSPS) is 14.8. The van der Waals surface area contributed by atoms with Gasteiger partial charge in [0.05, 0.1) is 0 Å². The van der Waals surface area contributed by atoms with Crippen LogP contribution in [-0.2, 0) is 16.6 Å². The number of carbonyl (C=O) groups excluding carboxylic acids is 1. The van der Waals surface area contributed by atoms with Gasteiger partial charge in [-0.1, -0.05) is 66.7 Å². The lowest BCUT2D eigenvalue weighted by atomic mass is 9.69. The van der Waals surface area contributed by atoms with Crippen LogP contribution in [0.15, 0.2) is 85.2 Å². The SMILES string of the molecule is CC(CCCc1cccnc1)NC(=O)C(c1ccccc1)(c1ccccc1)C1CC1. The molecular weight excluding hydrogens is 368 g/mol. The third-order valence-corrected chi connectivity index (χ3v) is 6.21. The number of hydrogen-bond donors (Lipinski definition) is 1.